The Labute approximate surface area is 133 Å². The first-order chi connectivity index (χ1) is 10.5. The van der Waals surface area contributed by atoms with Crippen molar-refractivity contribution in [3.05, 3.63) is 17.8 Å². The summed E-state index contributed by atoms with van der Waals surface area (Å²) in [5.74, 6) is -0.521. The second-order valence-corrected chi connectivity index (χ2v) is 5.51. The number of esters is 1. The van der Waals surface area contributed by atoms with Crippen LogP contribution >= 0.6 is 11.6 Å². The van der Waals surface area contributed by atoms with Crippen molar-refractivity contribution in [3.63, 3.8) is 0 Å². The summed E-state index contributed by atoms with van der Waals surface area (Å²) in [6, 6.07) is 3.06. The van der Waals surface area contributed by atoms with Gasteiger partial charge in [0.1, 0.15) is 5.38 Å². The molecule has 7 nitrogen and oxygen atoms in total. The minimum Gasteiger partial charge on any atom is -0.464 e. The van der Waals surface area contributed by atoms with Gasteiger partial charge in [-0.15, -0.1) is 11.6 Å². The first-order valence-corrected chi connectivity index (χ1v) is 7.34. The van der Waals surface area contributed by atoms with Crippen molar-refractivity contribution in [3.8, 4) is 0 Å². The molecule has 0 saturated carbocycles. The Morgan fingerprint density at radius 1 is 1.55 bits per heavy atom. The zero-order valence-corrected chi connectivity index (χ0v) is 13.1. The van der Waals surface area contributed by atoms with E-state index in [-0.39, 0.29) is 17.7 Å². The lowest BCUT2D eigenvalue weighted by Crippen LogP contribution is -2.34. The summed E-state index contributed by atoms with van der Waals surface area (Å²) in [4.78, 5) is 27.5. The molecule has 0 radical (unpaired) electrons. The maximum atomic E-state index is 11.7. The van der Waals surface area contributed by atoms with Gasteiger partial charge >= 0.3 is 5.97 Å². The molecule has 2 unspecified atom stereocenters. The van der Waals surface area contributed by atoms with Crippen LogP contribution < -0.4 is 10.6 Å². The van der Waals surface area contributed by atoms with Gasteiger partial charge in [-0.3, -0.25) is 4.79 Å². The lowest BCUT2D eigenvalue weighted by atomic mass is 10.2. The molecule has 120 valence electrons. The van der Waals surface area contributed by atoms with E-state index in [0.29, 0.717) is 18.1 Å². The van der Waals surface area contributed by atoms with Gasteiger partial charge in [-0.25, -0.2) is 9.78 Å². The molecule has 0 spiro atoms. The number of halogens is 1. The monoisotopic (exact) mass is 327 g/mol. The molecule has 1 saturated heterocycles. The number of pyridine rings is 1. The number of carbonyl (C=O) groups excluding carboxylic acids is 2. The van der Waals surface area contributed by atoms with Crippen LogP contribution in [0.5, 0.6) is 0 Å². The number of nitrogens with zero attached hydrogens (tertiary/aromatic N) is 1. The number of rotatable bonds is 6. The number of aromatic nitrogens is 1. The Morgan fingerprint density at radius 2 is 2.27 bits per heavy atom. The number of amides is 1. The highest BCUT2D eigenvalue weighted by Crippen LogP contribution is 2.22. The van der Waals surface area contributed by atoms with Crippen LogP contribution in [0, 0.1) is 0 Å². The Balaban J connectivity index is 2.17. The molecule has 1 fully saturated rings. The second kappa shape index (κ2) is 7.42. The molecule has 0 aromatic carbocycles. The zero-order valence-electron chi connectivity index (χ0n) is 12.4. The van der Waals surface area contributed by atoms with Crippen molar-refractivity contribution >= 4 is 35.0 Å². The van der Waals surface area contributed by atoms with Crippen molar-refractivity contribution in [2.45, 2.75) is 24.8 Å². The van der Waals surface area contributed by atoms with Crippen molar-refractivity contribution in [2.24, 2.45) is 0 Å². The predicted octanol–water partition coefficient (Wildman–Crippen LogP) is 1.63. The van der Waals surface area contributed by atoms with Gasteiger partial charge in [0.05, 0.1) is 18.9 Å². The molecular weight excluding hydrogens is 310 g/mol. The molecule has 1 aliphatic rings. The third-order valence-electron chi connectivity index (χ3n) is 3.20. The average molecular weight is 328 g/mol. The average Bonchev–Trinajstić information content (AvgIpc) is 2.46. The van der Waals surface area contributed by atoms with Gasteiger partial charge in [-0.05, 0) is 25.5 Å². The normalized spacial score (nSPS) is 18.0. The number of methoxy groups -OCH3 is 1. The van der Waals surface area contributed by atoms with Crippen molar-refractivity contribution < 1.29 is 19.1 Å². The Kier molecular flexibility index (Phi) is 5.57. The largest absolute Gasteiger partial charge is 0.464 e. The Hall–Kier alpha value is -1.86. The molecule has 2 atom stereocenters. The standard InChI is InChI=1S/C14H18ClN3O4/c1-8(15)13(19)18-10-3-4-11(14(20)21-2)17-12(10)16-7-9-5-6-22-9/h3-4,8-9H,5-7H2,1-2H3,(H,16,17)(H,18,19). The number of hydrogen-bond donors (Lipinski definition) is 2. The van der Waals surface area contributed by atoms with Crippen LogP contribution in [-0.2, 0) is 14.3 Å². The van der Waals surface area contributed by atoms with Gasteiger partial charge in [0, 0.05) is 13.2 Å². The van der Waals surface area contributed by atoms with E-state index in [9.17, 15) is 9.59 Å². The highest BCUT2D eigenvalue weighted by molar-refractivity contribution is 6.32. The highest BCUT2D eigenvalue weighted by atomic mass is 35.5. The van der Waals surface area contributed by atoms with Gasteiger partial charge in [-0.2, -0.15) is 0 Å². The molecule has 1 aromatic rings. The van der Waals surface area contributed by atoms with Crippen LogP contribution in [0.3, 0.4) is 0 Å². The molecule has 2 rings (SSSR count). The highest BCUT2D eigenvalue weighted by Gasteiger charge is 2.20. The van der Waals surface area contributed by atoms with Crippen LogP contribution in [0.15, 0.2) is 12.1 Å². The van der Waals surface area contributed by atoms with Gasteiger partial charge in [0.2, 0.25) is 5.91 Å². The van der Waals surface area contributed by atoms with E-state index < -0.39 is 11.3 Å². The van der Waals surface area contributed by atoms with E-state index >= 15 is 0 Å². The predicted molar refractivity (Wildman–Crippen MR) is 82.4 cm³/mol. The first kappa shape index (κ1) is 16.5. The minimum absolute atomic E-state index is 0.110. The van der Waals surface area contributed by atoms with Crippen molar-refractivity contribution in [1.29, 1.82) is 0 Å². The summed E-state index contributed by atoms with van der Waals surface area (Å²) in [5.41, 5.74) is 0.598. The van der Waals surface area contributed by atoms with Gasteiger partial charge < -0.3 is 20.1 Å². The number of anilines is 2. The number of carbonyl (C=O) groups is 2. The third-order valence-corrected chi connectivity index (χ3v) is 3.40. The second-order valence-electron chi connectivity index (χ2n) is 4.85. The van der Waals surface area contributed by atoms with E-state index in [1.165, 1.54) is 13.2 Å². The van der Waals surface area contributed by atoms with Crippen LogP contribution in [0.1, 0.15) is 23.8 Å². The fourth-order valence-electron chi connectivity index (χ4n) is 1.80. The van der Waals surface area contributed by atoms with E-state index in [4.69, 9.17) is 16.3 Å². The molecule has 0 aliphatic carbocycles. The van der Waals surface area contributed by atoms with Crippen molar-refractivity contribution in [2.75, 3.05) is 30.9 Å². The van der Waals surface area contributed by atoms with Crippen LogP contribution in [0.2, 0.25) is 0 Å². The van der Waals surface area contributed by atoms with Gasteiger partial charge in [-0.1, -0.05) is 0 Å². The maximum absolute atomic E-state index is 11.7. The summed E-state index contributed by atoms with van der Waals surface area (Å²) in [7, 11) is 1.28. The molecule has 2 heterocycles. The molecule has 8 heteroatoms. The topological polar surface area (TPSA) is 89.5 Å². The fourth-order valence-corrected chi connectivity index (χ4v) is 1.86. The van der Waals surface area contributed by atoms with E-state index in [1.807, 2.05) is 0 Å². The number of nitrogens with one attached hydrogen (secondary N) is 2. The summed E-state index contributed by atoms with van der Waals surface area (Å²) < 4.78 is 9.97. The van der Waals surface area contributed by atoms with E-state index in [1.54, 1.807) is 13.0 Å². The fraction of sp³-hybridized carbons (Fsp3) is 0.500. The molecule has 1 aromatic heterocycles. The SMILES string of the molecule is COC(=O)c1ccc(NC(=O)C(C)Cl)c(NCC2CCO2)n1. The molecule has 2 N–H and O–H groups in total. The summed E-state index contributed by atoms with van der Waals surface area (Å²) in [6.07, 6.45) is 1.07. The quantitative estimate of drug-likeness (QED) is 0.610. The summed E-state index contributed by atoms with van der Waals surface area (Å²) in [6.45, 7) is 2.86. The Morgan fingerprint density at radius 3 is 2.82 bits per heavy atom. The molecule has 1 amide bonds. The minimum atomic E-state index is -0.678. The van der Waals surface area contributed by atoms with Crippen LogP contribution in [0.25, 0.3) is 0 Å². The Bertz CT molecular complexity index is 561. The lowest BCUT2D eigenvalue weighted by molar-refractivity contribution is -0.115. The molecular formula is C14H18ClN3O4. The van der Waals surface area contributed by atoms with Gasteiger partial charge in [0.15, 0.2) is 11.5 Å². The lowest BCUT2D eigenvalue weighted by Gasteiger charge is -2.27. The third kappa shape index (κ3) is 4.08. The van der Waals surface area contributed by atoms with Crippen molar-refractivity contribution in [1.82, 2.24) is 4.98 Å². The summed E-state index contributed by atoms with van der Waals surface area (Å²) in [5, 5.41) is 5.06. The zero-order chi connectivity index (χ0) is 16.1. The maximum Gasteiger partial charge on any atom is 0.356 e. The molecule has 0 bridgehead atoms. The number of ether oxygens (including phenoxy) is 2. The van der Waals surface area contributed by atoms with Gasteiger partial charge in [0.25, 0.3) is 0 Å². The van der Waals surface area contributed by atoms with E-state index in [0.717, 1.165) is 13.0 Å². The number of alkyl halides is 1. The summed E-state index contributed by atoms with van der Waals surface area (Å²) >= 11 is 5.75. The molecule has 22 heavy (non-hydrogen) atoms. The smallest absolute Gasteiger partial charge is 0.356 e. The van der Waals surface area contributed by atoms with Crippen LogP contribution in [-0.4, -0.2) is 48.6 Å². The first-order valence-electron chi connectivity index (χ1n) is 6.91. The van der Waals surface area contributed by atoms with E-state index in [2.05, 4.69) is 20.4 Å². The van der Waals surface area contributed by atoms with Crippen LogP contribution in [0.4, 0.5) is 11.5 Å². The molecule has 1 aliphatic heterocycles. The number of hydrogen-bond acceptors (Lipinski definition) is 6.